The van der Waals surface area contributed by atoms with E-state index in [1.807, 2.05) is 33.8 Å². The van der Waals surface area contributed by atoms with E-state index in [2.05, 4.69) is 13.8 Å². The number of benzene rings is 1. The molecule has 0 spiro atoms. The molecule has 1 aromatic rings. The minimum absolute atomic E-state index is 0.281. The van der Waals surface area contributed by atoms with Crippen molar-refractivity contribution in [3.05, 3.63) is 42.5 Å². The van der Waals surface area contributed by atoms with Gasteiger partial charge in [-0.15, -0.1) is 0 Å². The van der Waals surface area contributed by atoms with E-state index < -0.39 is 0 Å². The number of imide groups is 1. The van der Waals surface area contributed by atoms with E-state index in [4.69, 9.17) is 0 Å². The Bertz CT molecular complexity index is 379. The number of carbonyl (C=O) groups is 2. The Morgan fingerprint density at radius 2 is 1.15 bits per heavy atom. The van der Waals surface area contributed by atoms with Crippen LogP contribution in [0.3, 0.4) is 0 Å². The van der Waals surface area contributed by atoms with Gasteiger partial charge in [0.15, 0.2) is 0 Å². The summed E-state index contributed by atoms with van der Waals surface area (Å²) in [5, 5.41) is 0. The molecule has 112 valence electrons. The second kappa shape index (κ2) is 13.5. The lowest BCUT2D eigenvalue weighted by atomic mass is 10.3. The molecule has 0 aliphatic carbocycles. The Balaban J connectivity index is 0. The van der Waals surface area contributed by atoms with Crippen LogP contribution in [0, 0.1) is 0 Å². The molecule has 20 heavy (non-hydrogen) atoms. The van der Waals surface area contributed by atoms with Crippen LogP contribution in [-0.4, -0.2) is 11.8 Å². The Hall–Kier alpha value is -1.90. The van der Waals surface area contributed by atoms with Gasteiger partial charge in [0.05, 0.1) is 5.69 Å². The van der Waals surface area contributed by atoms with E-state index >= 15 is 0 Å². The van der Waals surface area contributed by atoms with Crippen molar-refractivity contribution in [2.24, 2.45) is 0 Å². The Morgan fingerprint density at radius 3 is 1.50 bits per heavy atom. The van der Waals surface area contributed by atoms with E-state index in [-0.39, 0.29) is 11.8 Å². The highest BCUT2D eigenvalue weighted by atomic mass is 16.2. The number of carbonyl (C=O) groups excluding carboxylic acids is 2. The molecule has 0 aromatic heterocycles. The summed E-state index contributed by atoms with van der Waals surface area (Å²) in [5.41, 5.74) is 0.613. The van der Waals surface area contributed by atoms with Crippen molar-refractivity contribution in [2.45, 2.75) is 48.0 Å². The molecule has 3 nitrogen and oxygen atoms in total. The molecule has 2 rings (SSSR count). The number of para-hydroxylation sites is 1. The Morgan fingerprint density at radius 1 is 0.800 bits per heavy atom. The van der Waals surface area contributed by atoms with Gasteiger partial charge in [-0.1, -0.05) is 66.2 Å². The molecule has 0 bridgehead atoms. The van der Waals surface area contributed by atoms with Crippen LogP contribution in [-0.2, 0) is 9.59 Å². The number of amides is 2. The summed E-state index contributed by atoms with van der Waals surface area (Å²) in [6, 6.07) is 8.86. The first-order valence-electron chi connectivity index (χ1n) is 7.31. The van der Waals surface area contributed by atoms with Gasteiger partial charge in [-0.05, 0) is 12.1 Å². The molecule has 0 radical (unpaired) electrons. The van der Waals surface area contributed by atoms with E-state index in [0.717, 1.165) is 4.90 Å². The Kier molecular flexibility index (Phi) is 13.8. The lowest BCUT2D eigenvalue weighted by Crippen LogP contribution is -2.29. The highest BCUT2D eigenvalue weighted by Crippen LogP contribution is 2.17. The molecule has 1 heterocycles. The summed E-state index contributed by atoms with van der Waals surface area (Å²) in [5.74, 6) is -0.563. The monoisotopic (exact) mass is 277 g/mol. The first-order chi connectivity index (χ1) is 9.70. The van der Waals surface area contributed by atoms with Crippen LogP contribution in [0.25, 0.3) is 0 Å². The summed E-state index contributed by atoms with van der Waals surface area (Å²) in [6.45, 7) is 12.2. The van der Waals surface area contributed by atoms with Crippen molar-refractivity contribution in [1.29, 1.82) is 0 Å². The van der Waals surface area contributed by atoms with Gasteiger partial charge in [0.25, 0.3) is 11.8 Å². The van der Waals surface area contributed by atoms with E-state index in [1.165, 1.54) is 18.6 Å². The molecule has 1 aliphatic heterocycles. The van der Waals surface area contributed by atoms with Crippen LogP contribution in [0.15, 0.2) is 42.5 Å². The van der Waals surface area contributed by atoms with E-state index in [1.54, 1.807) is 24.3 Å². The van der Waals surface area contributed by atoms with Gasteiger partial charge in [-0.2, -0.15) is 0 Å². The second-order valence-electron chi connectivity index (χ2n) is 3.39. The standard InChI is InChI=1S/C10H7NO2.C3H8.2C2H6/c12-9-6-7-10(13)11(9)8-4-2-1-3-5-8;1-3-2;2*1-2/h1-7H;3H2,1-2H3;2*1-2H3. The van der Waals surface area contributed by atoms with Gasteiger partial charge < -0.3 is 0 Å². The SMILES string of the molecule is CC.CC.CCC.O=C1C=CC(=O)N1c1ccccc1. The van der Waals surface area contributed by atoms with E-state index in [0.29, 0.717) is 5.69 Å². The number of hydrogen-bond donors (Lipinski definition) is 0. The molecule has 0 saturated heterocycles. The molecule has 1 aliphatic rings. The molecular weight excluding hydrogens is 250 g/mol. The molecule has 1 aromatic carbocycles. The molecule has 0 unspecified atom stereocenters. The summed E-state index contributed by atoms with van der Waals surface area (Å²) < 4.78 is 0. The molecule has 0 saturated carbocycles. The summed E-state index contributed by atoms with van der Waals surface area (Å²) in [6.07, 6.45) is 3.80. The van der Waals surface area contributed by atoms with Crippen molar-refractivity contribution < 1.29 is 9.59 Å². The molecular formula is C17H27NO2. The summed E-state index contributed by atoms with van der Waals surface area (Å²) in [7, 11) is 0. The van der Waals surface area contributed by atoms with Crippen LogP contribution in [0.1, 0.15) is 48.0 Å². The zero-order chi connectivity index (χ0) is 16.0. The predicted octanol–water partition coefficient (Wildman–Crippen LogP) is 4.58. The zero-order valence-electron chi connectivity index (χ0n) is 13.5. The van der Waals surface area contributed by atoms with Crippen molar-refractivity contribution >= 4 is 17.5 Å². The topological polar surface area (TPSA) is 37.4 Å². The average Bonchev–Trinajstić information content (AvgIpc) is 2.84. The maximum Gasteiger partial charge on any atom is 0.258 e. The van der Waals surface area contributed by atoms with Gasteiger partial charge in [-0.25, -0.2) is 4.90 Å². The smallest absolute Gasteiger partial charge is 0.258 e. The number of rotatable bonds is 1. The van der Waals surface area contributed by atoms with Gasteiger partial charge in [0.1, 0.15) is 0 Å². The predicted molar refractivity (Wildman–Crippen MR) is 86.7 cm³/mol. The van der Waals surface area contributed by atoms with Crippen molar-refractivity contribution in [3.8, 4) is 0 Å². The third kappa shape index (κ3) is 6.88. The molecule has 0 N–H and O–H groups in total. The van der Waals surface area contributed by atoms with Crippen LogP contribution >= 0.6 is 0 Å². The summed E-state index contributed by atoms with van der Waals surface area (Å²) in [4.78, 5) is 23.5. The van der Waals surface area contributed by atoms with E-state index in [9.17, 15) is 9.59 Å². The first kappa shape index (κ1) is 20.4. The van der Waals surface area contributed by atoms with Crippen molar-refractivity contribution in [3.63, 3.8) is 0 Å². The minimum atomic E-state index is -0.281. The third-order valence-corrected chi connectivity index (χ3v) is 1.82. The third-order valence-electron chi connectivity index (χ3n) is 1.82. The fourth-order valence-corrected chi connectivity index (χ4v) is 1.23. The lowest BCUT2D eigenvalue weighted by Gasteiger charge is -2.12. The second-order valence-corrected chi connectivity index (χ2v) is 3.39. The minimum Gasteiger partial charge on any atom is -0.269 e. The van der Waals surface area contributed by atoms with Gasteiger partial charge in [0, 0.05) is 12.2 Å². The highest BCUT2D eigenvalue weighted by Gasteiger charge is 2.24. The van der Waals surface area contributed by atoms with Gasteiger partial charge in [0.2, 0.25) is 0 Å². The number of anilines is 1. The quantitative estimate of drug-likeness (QED) is 0.704. The average molecular weight is 277 g/mol. The van der Waals surface area contributed by atoms with Crippen LogP contribution in [0.2, 0.25) is 0 Å². The molecule has 3 heteroatoms. The number of nitrogens with zero attached hydrogens (tertiary/aromatic N) is 1. The first-order valence-corrected chi connectivity index (χ1v) is 7.31. The fraction of sp³-hybridized carbons (Fsp3) is 0.412. The highest BCUT2D eigenvalue weighted by molar-refractivity contribution is 6.28. The maximum absolute atomic E-state index is 11.2. The normalized spacial score (nSPS) is 11.6. The van der Waals surface area contributed by atoms with Crippen molar-refractivity contribution in [2.75, 3.05) is 4.90 Å². The maximum atomic E-state index is 11.2. The number of hydrogen-bond acceptors (Lipinski definition) is 2. The van der Waals surface area contributed by atoms with Gasteiger partial charge >= 0.3 is 0 Å². The molecule has 0 atom stereocenters. The van der Waals surface area contributed by atoms with Crippen molar-refractivity contribution in [1.82, 2.24) is 0 Å². The fourth-order valence-electron chi connectivity index (χ4n) is 1.23. The van der Waals surface area contributed by atoms with Crippen LogP contribution < -0.4 is 4.90 Å². The van der Waals surface area contributed by atoms with Gasteiger partial charge in [-0.3, -0.25) is 9.59 Å². The van der Waals surface area contributed by atoms with Crippen LogP contribution in [0.4, 0.5) is 5.69 Å². The summed E-state index contributed by atoms with van der Waals surface area (Å²) >= 11 is 0. The molecule has 0 fully saturated rings. The largest absolute Gasteiger partial charge is 0.269 e. The van der Waals surface area contributed by atoms with Crippen LogP contribution in [0.5, 0.6) is 0 Å². The Labute approximate surface area is 123 Å². The zero-order valence-corrected chi connectivity index (χ0v) is 13.5. The molecule has 2 amide bonds. The lowest BCUT2D eigenvalue weighted by molar-refractivity contribution is -0.119.